The minimum Gasteiger partial charge on any atom is -0.481 e. The predicted molar refractivity (Wildman–Crippen MR) is 98.8 cm³/mol. The molecule has 0 heterocycles. The molecular weight excluding hydrogens is 304 g/mol. The van der Waals surface area contributed by atoms with Gasteiger partial charge in [-0.3, -0.25) is 4.79 Å². The Balaban J connectivity index is 3.74. The summed E-state index contributed by atoms with van der Waals surface area (Å²) in [6.45, 7) is 2.09. The zero-order chi connectivity index (χ0) is 18.0. The van der Waals surface area contributed by atoms with E-state index < -0.39 is 18.2 Å². The summed E-state index contributed by atoms with van der Waals surface area (Å²) in [5.74, 6) is -0.761. The van der Waals surface area contributed by atoms with E-state index >= 15 is 0 Å². The lowest BCUT2D eigenvalue weighted by Crippen LogP contribution is -2.24. The van der Waals surface area contributed by atoms with Crippen molar-refractivity contribution < 1.29 is 20.1 Å². The molecule has 0 amide bonds. The lowest BCUT2D eigenvalue weighted by Gasteiger charge is -2.14. The van der Waals surface area contributed by atoms with Crippen molar-refractivity contribution in [3.05, 3.63) is 48.6 Å². The highest BCUT2D eigenvalue weighted by Gasteiger charge is 2.12. The van der Waals surface area contributed by atoms with E-state index in [0.29, 0.717) is 19.3 Å². The summed E-state index contributed by atoms with van der Waals surface area (Å²) in [5, 5.41) is 28.2. The summed E-state index contributed by atoms with van der Waals surface area (Å²) >= 11 is 0. The number of aliphatic hydroxyl groups excluding tert-OH is 2. The minimum atomic E-state index is -0.761. The van der Waals surface area contributed by atoms with Gasteiger partial charge in [0.1, 0.15) is 0 Å². The van der Waals surface area contributed by atoms with Crippen LogP contribution in [0.5, 0.6) is 0 Å². The number of allylic oxidation sites excluding steroid dienone is 6. The highest BCUT2D eigenvalue weighted by molar-refractivity contribution is 5.66. The minimum absolute atomic E-state index is 0.202. The molecule has 0 saturated heterocycles. The van der Waals surface area contributed by atoms with Gasteiger partial charge in [0.2, 0.25) is 0 Å². The topological polar surface area (TPSA) is 77.8 Å². The number of carboxylic acids is 1. The van der Waals surface area contributed by atoms with Gasteiger partial charge in [0, 0.05) is 6.42 Å². The van der Waals surface area contributed by atoms with Crippen LogP contribution < -0.4 is 0 Å². The van der Waals surface area contributed by atoms with Gasteiger partial charge in [-0.25, -0.2) is 0 Å². The molecule has 0 saturated carbocycles. The first kappa shape index (κ1) is 22.4. The van der Waals surface area contributed by atoms with Crippen molar-refractivity contribution in [2.24, 2.45) is 0 Å². The number of aliphatic hydroxyl groups is 2. The highest BCUT2D eigenvalue weighted by atomic mass is 16.4. The molecule has 0 fully saturated rings. The fourth-order valence-electron chi connectivity index (χ4n) is 1.98. The third kappa shape index (κ3) is 15.3. The molecule has 2 unspecified atom stereocenters. The van der Waals surface area contributed by atoms with Crippen molar-refractivity contribution in [3.63, 3.8) is 0 Å². The number of carboxylic acid groups (broad SMARTS) is 1. The second-order valence-electron chi connectivity index (χ2n) is 5.66. The lowest BCUT2D eigenvalue weighted by atomic mass is 10.1. The maximum Gasteiger partial charge on any atom is 0.303 e. The Labute approximate surface area is 145 Å². The Bertz CT molecular complexity index is 421. The molecule has 0 spiro atoms. The molecule has 0 aromatic carbocycles. The van der Waals surface area contributed by atoms with Crippen molar-refractivity contribution in [3.8, 4) is 0 Å². The molecule has 0 bridgehead atoms. The maximum absolute atomic E-state index is 10.3. The third-order valence-electron chi connectivity index (χ3n) is 3.41. The van der Waals surface area contributed by atoms with Crippen LogP contribution in [-0.2, 0) is 4.79 Å². The van der Waals surface area contributed by atoms with Gasteiger partial charge in [0.05, 0.1) is 12.2 Å². The van der Waals surface area contributed by atoms with Crippen LogP contribution in [0.15, 0.2) is 48.6 Å². The standard InChI is InChI=1S/C20H32O4/c1-2-3-4-5-9-12-15-18(21)19(22)16-13-10-7-6-8-11-14-17-20(23)24/h3-4,6,8-10,12-13,18-19,21-22H,2,5,7,11,14-17H2,1H3,(H,23,24). The van der Waals surface area contributed by atoms with E-state index in [0.717, 1.165) is 25.7 Å². The molecule has 0 aliphatic rings. The van der Waals surface area contributed by atoms with E-state index in [-0.39, 0.29) is 6.42 Å². The molecule has 3 N–H and O–H groups in total. The molecule has 2 atom stereocenters. The molecule has 24 heavy (non-hydrogen) atoms. The van der Waals surface area contributed by atoms with Gasteiger partial charge < -0.3 is 15.3 Å². The van der Waals surface area contributed by atoms with E-state index in [1.54, 1.807) is 0 Å². The van der Waals surface area contributed by atoms with Crippen molar-refractivity contribution in [2.45, 2.75) is 70.5 Å². The first-order chi connectivity index (χ1) is 11.6. The van der Waals surface area contributed by atoms with Crippen LogP contribution in [-0.4, -0.2) is 33.5 Å². The molecule has 0 aromatic heterocycles. The first-order valence-electron chi connectivity index (χ1n) is 8.75. The first-order valence-corrected chi connectivity index (χ1v) is 8.75. The molecular formula is C20H32O4. The molecule has 0 aromatic rings. The van der Waals surface area contributed by atoms with E-state index in [9.17, 15) is 15.0 Å². The lowest BCUT2D eigenvalue weighted by molar-refractivity contribution is -0.137. The second kappa shape index (κ2) is 16.2. The van der Waals surface area contributed by atoms with Crippen molar-refractivity contribution >= 4 is 5.97 Å². The van der Waals surface area contributed by atoms with Crippen LogP contribution in [0.25, 0.3) is 0 Å². The summed E-state index contributed by atoms with van der Waals surface area (Å²) in [7, 11) is 0. The Morgan fingerprint density at radius 1 is 0.833 bits per heavy atom. The Morgan fingerprint density at radius 3 is 1.83 bits per heavy atom. The van der Waals surface area contributed by atoms with Crippen LogP contribution in [0, 0.1) is 0 Å². The van der Waals surface area contributed by atoms with E-state index in [4.69, 9.17) is 5.11 Å². The van der Waals surface area contributed by atoms with Gasteiger partial charge in [0.15, 0.2) is 0 Å². The van der Waals surface area contributed by atoms with Crippen molar-refractivity contribution in [1.29, 1.82) is 0 Å². The Morgan fingerprint density at radius 2 is 1.33 bits per heavy atom. The molecule has 4 heteroatoms. The molecule has 136 valence electrons. The number of hydrogen-bond donors (Lipinski definition) is 3. The van der Waals surface area contributed by atoms with Gasteiger partial charge in [-0.1, -0.05) is 55.5 Å². The van der Waals surface area contributed by atoms with Crippen LogP contribution in [0.1, 0.15) is 58.3 Å². The summed E-state index contributed by atoms with van der Waals surface area (Å²) in [6.07, 6.45) is 19.5. The smallest absolute Gasteiger partial charge is 0.303 e. The zero-order valence-corrected chi connectivity index (χ0v) is 14.7. The second-order valence-corrected chi connectivity index (χ2v) is 5.66. The average Bonchev–Trinajstić information content (AvgIpc) is 2.55. The number of aliphatic carboxylic acids is 1. The van der Waals surface area contributed by atoms with Gasteiger partial charge in [-0.15, -0.1) is 0 Å². The van der Waals surface area contributed by atoms with E-state index in [1.165, 1.54) is 0 Å². The van der Waals surface area contributed by atoms with Crippen LogP contribution >= 0.6 is 0 Å². The largest absolute Gasteiger partial charge is 0.481 e. The summed E-state index contributed by atoms with van der Waals surface area (Å²) in [5.41, 5.74) is 0. The molecule has 0 aliphatic heterocycles. The SMILES string of the molecule is CCC=CCC=CCC(O)C(O)CC=CCC=CCCCC(=O)O. The van der Waals surface area contributed by atoms with Gasteiger partial charge >= 0.3 is 5.97 Å². The normalized spacial score (nSPS) is 15.1. The van der Waals surface area contributed by atoms with Gasteiger partial charge in [-0.05, 0) is 44.9 Å². The Kier molecular flexibility index (Phi) is 15.1. The summed E-state index contributed by atoms with van der Waals surface area (Å²) in [6, 6.07) is 0. The molecule has 0 aliphatic carbocycles. The van der Waals surface area contributed by atoms with Gasteiger partial charge in [0.25, 0.3) is 0 Å². The fourth-order valence-corrected chi connectivity index (χ4v) is 1.98. The highest BCUT2D eigenvalue weighted by Crippen LogP contribution is 2.06. The average molecular weight is 336 g/mol. The number of carbonyl (C=O) groups is 1. The molecule has 0 rings (SSSR count). The molecule has 0 radical (unpaired) electrons. The van der Waals surface area contributed by atoms with Crippen molar-refractivity contribution in [2.75, 3.05) is 0 Å². The van der Waals surface area contributed by atoms with Crippen LogP contribution in [0.4, 0.5) is 0 Å². The maximum atomic E-state index is 10.3. The Hall–Kier alpha value is -1.65. The zero-order valence-electron chi connectivity index (χ0n) is 14.7. The number of rotatable bonds is 14. The van der Waals surface area contributed by atoms with Gasteiger partial charge in [-0.2, -0.15) is 0 Å². The summed E-state index contributed by atoms with van der Waals surface area (Å²) < 4.78 is 0. The van der Waals surface area contributed by atoms with Crippen molar-refractivity contribution in [1.82, 2.24) is 0 Å². The fraction of sp³-hybridized carbons (Fsp3) is 0.550. The van der Waals surface area contributed by atoms with Crippen LogP contribution in [0.3, 0.4) is 0 Å². The monoisotopic (exact) mass is 336 g/mol. The van der Waals surface area contributed by atoms with E-state index in [2.05, 4.69) is 19.1 Å². The number of hydrogen-bond acceptors (Lipinski definition) is 3. The third-order valence-corrected chi connectivity index (χ3v) is 3.41. The van der Waals surface area contributed by atoms with E-state index in [1.807, 2.05) is 36.5 Å². The summed E-state index contributed by atoms with van der Waals surface area (Å²) in [4.78, 5) is 10.3. The quantitative estimate of drug-likeness (QED) is 0.329. The van der Waals surface area contributed by atoms with Crippen LogP contribution in [0.2, 0.25) is 0 Å². The number of unbranched alkanes of at least 4 members (excludes halogenated alkanes) is 1. The predicted octanol–water partition coefficient (Wildman–Crippen LogP) is 4.16. The molecule has 4 nitrogen and oxygen atoms in total.